The first-order valence-corrected chi connectivity index (χ1v) is 7.03. The summed E-state index contributed by atoms with van der Waals surface area (Å²) in [5.74, 6) is 1.29. The highest BCUT2D eigenvalue weighted by Crippen LogP contribution is 2.19. The van der Waals surface area contributed by atoms with Crippen molar-refractivity contribution in [2.45, 2.75) is 38.7 Å². The Bertz CT molecular complexity index is 392. The zero-order chi connectivity index (χ0) is 13.0. The topological polar surface area (TPSA) is 38.2 Å². The van der Waals surface area contributed by atoms with E-state index in [9.17, 15) is 0 Å². The van der Waals surface area contributed by atoms with Gasteiger partial charge in [0, 0.05) is 37.2 Å². The highest BCUT2D eigenvalue weighted by molar-refractivity contribution is 6.17. The van der Waals surface area contributed by atoms with Gasteiger partial charge in [-0.05, 0) is 26.7 Å². The van der Waals surface area contributed by atoms with Crippen LogP contribution in [-0.2, 0) is 10.6 Å². The molecule has 0 amide bonds. The highest BCUT2D eigenvalue weighted by atomic mass is 35.5. The summed E-state index contributed by atoms with van der Waals surface area (Å²) in [4.78, 5) is 11.1. The molecular weight excluding hydrogens is 250 g/mol. The average Bonchev–Trinajstić information content (AvgIpc) is 2.40. The van der Waals surface area contributed by atoms with Crippen LogP contribution in [0.15, 0.2) is 6.20 Å². The summed E-state index contributed by atoms with van der Waals surface area (Å²) in [5, 5.41) is 0. The number of hydrogen-bond donors (Lipinski definition) is 0. The number of aryl methyl sites for hydroxylation is 1. The fourth-order valence-corrected chi connectivity index (χ4v) is 2.48. The van der Waals surface area contributed by atoms with Crippen molar-refractivity contribution < 1.29 is 4.74 Å². The van der Waals surface area contributed by atoms with Crippen LogP contribution in [0.25, 0.3) is 0 Å². The summed E-state index contributed by atoms with van der Waals surface area (Å²) in [5.41, 5.74) is 1.98. The van der Waals surface area contributed by atoms with Crippen molar-refractivity contribution in [3.63, 3.8) is 0 Å². The van der Waals surface area contributed by atoms with E-state index in [1.54, 1.807) is 0 Å². The zero-order valence-corrected chi connectivity index (χ0v) is 11.8. The molecule has 1 aromatic heterocycles. The maximum Gasteiger partial charge on any atom is 0.225 e. The summed E-state index contributed by atoms with van der Waals surface area (Å²) < 4.78 is 5.64. The van der Waals surface area contributed by atoms with E-state index in [1.165, 1.54) is 0 Å². The molecule has 18 heavy (non-hydrogen) atoms. The molecule has 1 saturated heterocycles. The van der Waals surface area contributed by atoms with E-state index in [1.807, 2.05) is 20.0 Å². The molecule has 0 unspecified atom stereocenters. The Kier molecular flexibility index (Phi) is 4.78. The van der Waals surface area contributed by atoms with Crippen LogP contribution in [0.4, 0.5) is 5.95 Å². The highest BCUT2D eigenvalue weighted by Gasteiger charge is 2.21. The minimum absolute atomic E-state index is 0.398. The molecular formula is C13H20ClN3O. The summed E-state index contributed by atoms with van der Waals surface area (Å²) in [6.07, 6.45) is 4.33. The van der Waals surface area contributed by atoms with Crippen molar-refractivity contribution in [1.29, 1.82) is 0 Å². The van der Waals surface area contributed by atoms with Crippen LogP contribution in [0.2, 0.25) is 0 Å². The smallest absolute Gasteiger partial charge is 0.225 e. The molecule has 5 heteroatoms. The maximum atomic E-state index is 5.81. The molecule has 0 spiro atoms. The second kappa shape index (κ2) is 6.34. The summed E-state index contributed by atoms with van der Waals surface area (Å²) in [6, 6.07) is 0. The lowest BCUT2D eigenvalue weighted by atomic mass is 10.1. The summed E-state index contributed by atoms with van der Waals surface area (Å²) in [7, 11) is 0. The van der Waals surface area contributed by atoms with Gasteiger partial charge in [-0.25, -0.2) is 9.97 Å². The Morgan fingerprint density at radius 2 is 2.17 bits per heavy atom. The first-order valence-electron chi connectivity index (χ1n) is 6.49. The van der Waals surface area contributed by atoms with Gasteiger partial charge < -0.3 is 9.64 Å². The summed E-state index contributed by atoms with van der Waals surface area (Å²) in [6.45, 7) is 6.75. The van der Waals surface area contributed by atoms with Crippen LogP contribution in [0.1, 0.15) is 31.0 Å². The number of ether oxygens (including phenoxy) is 1. The Morgan fingerprint density at radius 1 is 1.44 bits per heavy atom. The van der Waals surface area contributed by atoms with E-state index in [0.717, 1.165) is 49.7 Å². The lowest BCUT2D eigenvalue weighted by Gasteiger charge is -2.31. The molecule has 1 aliphatic heterocycles. The predicted octanol–water partition coefficient (Wildman–Crippen LogP) is 2.53. The molecule has 1 aliphatic rings. The van der Waals surface area contributed by atoms with E-state index in [4.69, 9.17) is 16.3 Å². The Balaban J connectivity index is 1.99. The largest absolute Gasteiger partial charge is 0.378 e. The van der Waals surface area contributed by atoms with Gasteiger partial charge in [0.2, 0.25) is 5.95 Å². The fourth-order valence-electron chi connectivity index (χ4n) is 2.22. The summed E-state index contributed by atoms with van der Waals surface area (Å²) >= 11 is 5.81. The fraction of sp³-hybridized carbons (Fsp3) is 0.692. The third-order valence-electron chi connectivity index (χ3n) is 3.34. The van der Waals surface area contributed by atoms with E-state index >= 15 is 0 Å². The van der Waals surface area contributed by atoms with Gasteiger partial charge in [0.05, 0.1) is 12.0 Å². The van der Waals surface area contributed by atoms with Gasteiger partial charge in [-0.3, -0.25) is 0 Å². The van der Waals surface area contributed by atoms with Crippen molar-refractivity contribution in [3.8, 4) is 0 Å². The van der Waals surface area contributed by atoms with Gasteiger partial charge in [0.25, 0.3) is 0 Å². The molecule has 0 radical (unpaired) electrons. The molecule has 100 valence electrons. The SMILES string of the molecule is CCOC1CCN(c2ncc(CCl)c(C)n2)CC1. The zero-order valence-electron chi connectivity index (χ0n) is 11.0. The van der Waals surface area contributed by atoms with Crippen LogP contribution < -0.4 is 4.90 Å². The van der Waals surface area contributed by atoms with E-state index in [2.05, 4.69) is 14.9 Å². The molecule has 4 nitrogen and oxygen atoms in total. The normalized spacial score (nSPS) is 17.2. The van der Waals surface area contributed by atoms with Gasteiger partial charge in [-0.2, -0.15) is 0 Å². The number of nitrogens with zero attached hydrogens (tertiary/aromatic N) is 3. The van der Waals surface area contributed by atoms with Crippen LogP contribution in [0.5, 0.6) is 0 Å². The number of aromatic nitrogens is 2. The van der Waals surface area contributed by atoms with Crippen molar-refractivity contribution >= 4 is 17.5 Å². The molecule has 0 atom stereocenters. The van der Waals surface area contributed by atoms with Gasteiger partial charge in [-0.15, -0.1) is 11.6 Å². The van der Waals surface area contributed by atoms with Crippen molar-refractivity contribution in [2.75, 3.05) is 24.6 Å². The molecule has 0 aliphatic carbocycles. The van der Waals surface area contributed by atoms with Gasteiger partial charge in [0.15, 0.2) is 0 Å². The molecule has 1 aromatic rings. The van der Waals surface area contributed by atoms with Gasteiger partial charge in [-0.1, -0.05) is 0 Å². The standard InChI is InChI=1S/C13H20ClN3O/c1-3-18-12-4-6-17(7-5-12)13-15-9-11(8-14)10(2)16-13/h9,12H,3-8H2,1-2H3. The van der Waals surface area contributed by atoms with Crippen LogP contribution in [0, 0.1) is 6.92 Å². The maximum absolute atomic E-state index is 5.81. The quantitative estimate of drug-likeness (QED) is 0.788. The third-order valence-corrected chi connectivity index (χ3v) is 3.63. The first-order chi connectivity index (χ1) is 8.74. The molecule has 1 fully saturated rings. The number of halogens is 1. The third kappa shape index (κ3) is 3.12. The minimum Gasteiger partial charge on any atom is -0.378 e. The first kappa shape index (κ1) is 13.6. The van der Waals surface area contributed by atoms with E-state index < -0.39 is 0 Å². The van der Waals surface area contributed by atoms with Crippen LogP contribution in [-0.4, -0.2) is 35.8 Å². The van der Waals surface area contributed by atoms with Crippen LogP contribution in [0.3, 0.4) is 0 Å². The van der Waals surface area contributed by atoms with E-state index in [-0.39, 0.29) is 0 Å². The molecule has 0 N–H and O–H groups in total. The molecule has 0 saturated carbocycles. The number of alkyl halides is 1. The predicted molar refractivity (Wildman–Crippen MR) is 73.2 cm³/mol. The van der Waals surface area contributed by atoms with Crippen LogP contribution >= 0.6 is 11.6 Å². The Hall–Kier alpha value is -0.870. The Morgan fingerprint density at radius 3 is 2.72 bits per heavy atom. The number of rotatable bonds is 4. The van der Waals surface area contributed by atoms with Crippen molar-refractivity contribution in [1.82, 2.24) is 9.97 Å². The molecule has 0 bridgehead atoms. The van der Waals surface area contributed by atoms with E-state index in [0.29, 0.717) is 12.0 Å². The number of hydrogen-bond acceptors (Lipinski definition) is 4. The lowest BCUT2D eigenvalue weighted by Crippen LogP contribution is -2.38. The number of anilines is 1. The molecule has 2 rings (SSSR count). The van der Waals surface area contributed by atoms with Crippen molar-refractivity contribution in [3.05, 3.63) is 17.5 Å². The molecule has 0 aromatic carbocycles. The average molecular weight is 270 g/mol. The van der Waals surface area contributed by atoms with Gasteiger partial charge >= 0.3 is 0 Å². The minimum atomic E-state index is 0.398. The Labute approximate surface area is 113 Å². The van der Waals surface area contributed by atoms with Gasteiger partial charge in [0.1, 0.15) is 0 Å². The molecule has 2 heterocycles. The second-order valence-electron chi connectivity index (χ2n) is 4.56. The second-order valence-corrected chi connectivity index (χ2v) is 4.82. The monoisotopic (exact) mass is 269 g/mol. The van der Waals surface area contributed by atoms with Crippen molar-refractivity contribution in [2.24, 2.45) is 0 Å². The number of piperidine rings is 1. The lowest BCUT2D eigenvalue weighted by molar-refractivity contribution is 0.0457.